The van der Waals surface area contributed by atoms with E-state index < -0.39 is 6.10 Å². The van der Waals surface area contributed by atoms with Crippen LogP contribution < -0.4 is 10.1 Å². The minimum Gasteiger partial charge on any atom is -0.478 e. The van der Waals surface area contributed by atoms with E-state index in [2.05, 4.69) is 5.32 Å². The van der Waals surface area contributed by atoms with Gasteiger partial charge in [0.05, 0.1) is 0 Å². The first-order valence-electron chi connectivity index (χ1n) is 6.01. The van der Waals surface area contributed by atoms with Gasteiger partial charge in [0, 0.05) is 5.02 Å². The molecule has 19 heavy (non-hydrogen) atoms. The van der Waals surface area contributed by atoms with Crippen molar-refractivity contribution in [3.8, 4) is 5.75 Å². The maximum atomic E-state index is 11.6. The zero-order chi connectivity index (χ0) is 13.2. The van der Waals surface area contributed by atoms with Crippen LogP contribution in [-0.2, 0) is 4.79 Å². The third-order valence-corrected chi connectivity index (χ3v) is 3.35. The molecule has 2 aromatic rings. The van der Waals surface area contributed by atoms with Crippen LogP contribution in [0.3, 0.4) is 0 Å². The number of benzene rings is 2. The molecular formula is C15H12ClNO2. The molecular weight excluding hydrogens is 262 g/mol. The van der Waals surface area contributed by atoms with Crippen LogP contribution in [0.4, 0.5) is 0 Å². The van der Waals surface area contributed by atoms with Crippen molar-refractivity contribution in [2.24, 2.45) is 0 Å². The molecule has 96 valence electrons. The molecule has 2 aromatic carbocycles. The van der Waals surface area contributed by atoms with Gasteiger partial charge in [-0.1, -0.05) is 41.9 Å². The molecule has 4 heteroatoms. The summed E-state index contributed by atoms with van der Waals surface area (Å²) in [5, 5.41) is 3.52. The van der Waals surface area contributed by atoms with E-state index in [9.17, 15) is 4.79 Å². The highest BCUT2D eigenvalue weighted by Crippen LogP contribution is 2.29. The number of amides is 1. The first-order chi connectivity index (χ1) is 9.24. The number of hydrogen-bond donors (Lipinski definition) is 1. The van der Waals surface area contributed by atoms with Crippen LogP contribution in [0.1, 0.15) is 11.6 Å². The number of nitrogens with one attached hydrogen (secondary N) is 1. The van der Waals surface area contributed by atoms with Gasteiger partial charge in [0.2, 0.25) is 6.10 Å². The Labute approximate surface area is 116 Å². The van der Waals surface area contributed by atoms with Crippen LogP contribution in [-0.4, -0.2) is 12.0 Å². The zero-order valence-electron chi connectivity index (χ0n) is 10.0. The third kappa shape index (κ3) is 2.42. The maximum Gasteiger partial charge on any atom is 0.264 e. The second-order valence-electron chi connectivity index (χ2n) is 4.39. The molecule has 0 aromatic heterocycles. The number of carbonyl (C=O) groups is 1. The minimum absolute atomic E-state index is 0.0937. The summed E-state index contributed by atoms with van der Waals surface area (Å²) in [6.45, 7) is 0. The predicted octanol–water partition coefficient (Wildman–Crippen LogP) is 2.96. The van der Waals surface area contributed by atoms with Gasteiger partial charge in [0.15, 0.2) is 0 Å². The first kappa shape index (κ1) is 12.1. The average Bonchev–Trinajstić information content (AvgIpc) is 2.45. The van der Waals surface area contributed by atoms with Crippen LogP contribution >= 0.6 is 11.6 Å². The van der Waals surface area contributed by atoms with E-state index in [-0.39, 0.29) is 11.9 Å². The van der Waals surface area contributed by atoms with Gasteiger partial charge in [-0.15, -0.1) is 0 Å². The lowest BCUT2D eigenvalue weighted by Gasteiger charge is -2.36. The molecule has 1 heterocycles. The van der Waals surface area contributed by atoms with Gasteiger partial charge in [0.25, 0.3) is 5.91 Å². The number of hydrogen-bond acceptors (Lipinski definition) is 2. The van der Waals surface area contributed by atoms with Crippen molar-refractivity contribution in [1.29, 1.82) is 0 Å². The third-order valence-electron chi connectivity index (χ3n) is 3.09. The van der Waals surface area contributed by atoms with Crippen molar-refractivity contribution in [3.63, 3.8) is 0 Å². The summed E-state index contributed by atoms with van der Waals surface area (Å²) >= 11 is 5.85. The Morgan fingerprint density at radius 1 is 1.00 bits per heavy atom. The average molecular weight is 274 g/mol. The van der Waals surface area contributed by atoms with Crippen molar-refractivity contribution in [1.82, 2.24) is 5.32 Å². The lowest BCUT2D eigenvalue weighted by molar-refractivity contribution is -0.140. The van der Waals surface area contributed by atoms with Crippen LogP contribution in [0.25, 0.3) is 0 Å². The van der Waals surface area contributed by atoms with E-state index in [0.717, 1.165) is 5.56 Å². The fourth-order valence-electron chi connectivity index (χ4n) is 2.06. The molecule has 3 rings (SSSR count). The smallest absolute Gasteiger partial charge is 0.264 e. The van der Waals surface area contributed by atoms with Crippen molar-refractivity contribution in [2.45, 2.75) is 12.1 Å². The van der Waals surface area contributed by atoms with Crippen molar-refractivity contribution < 1.29 is 9.53 Å². The quantitative estimate of drug-likeness (QED) is 0.873. The topological polar surface area (TPSA) is 38.3 Å². The van der Waals surface area contributed by atoms with Crippen LogP contribution in [0.15, 0.2) is 54.6 Å². The standard InChI is InChI=1S/C15H12ClNO2/c16-11-8-6-10(7-9-11)13-14(15(18)17-13)19-12-4-2-1-3-5-12/h1-9,13-14H,(H,17,18)/t13-,14+/m1/s1. The fraction of sp³-hybridized carbons (Fsp3) is 0.133. The Kier molecular flexibility index (Phi) is 3.13. The molecule has 2 atom stereocenters. The Balaban J connectivity index is 1.77. The molecule has 0 saturated carbocycles. The van der Waals surface area contributed by atoms with Gasteiger partial charge in [0.1, 0.15) is 11.8 Å². The van der Waals surface area contributed by atoms with Gasteiger partial charge >= 0.3 is 0 Å². The summed E-state index contributed by atoms with van der Waals surface area (Å²) in [7, 11) is 0. The first-order valence-corrected chi connectivity index (χ1v) is 6.39. The Morgan fingerprint density at radius 2 is 1.68 bits per heavy atom. The van der Waals surface area contributed by atoms with Gasteiger partial charge in [-0.25, -0.2) is 0 Å². The SMILES string of the molecule is O=C1N[C@H](c2ccc(Cl)cc2)[C@@H]1Oc1ccccc1. The fourth-order valence-corrected chi connectivity index (χ4v) is 2.19. The normalized spacial score (nSPS) is 21.4. The largest absolute Gasteiger partial charge is 0.478 e. The molecule has 3 nitrogen and oxygen atoms in total. The Hall–Kier alpha value is -2.00. The van der Waals surface area contributed by atoms with Gasteiger partial charge in [-0.2, -0.15) is 0 Å². The van der Waals surface area contributed by atoms with E-state index >= 15 is 0 Å². The Bertz CT molecular complexity index is 583. The highest BCUT2D eigenvalue weighted by atomic mass is 35.5. The molecule has 1 amide bonds. The summed E-state index contributed by atoms with van der Waals surface area (Å²) in [5.41, 5.74) is 0.991. The molecule has 0 unspecified atom stereocenters. The molecule has 0 aliphatic carbocycles. The molecule has 1 saturated heterocycles. The van der Waals surface area contributed by atoms with E-state index in [4.69, 9.17) is 16.3 Å². The summed E-state index contributed by atoms with van der Waals surface area (Å²) in [6, 6.07) is 16.6. The summed E-state index contributed by atoms with van der Waals surface area (Å²) in [6.07, 6.45) is -0.483. The molecule has 0 radical (unpaired) electrons. The van der Waals surface area contributed by atoms with Gasteiger partial charge in [-0.05, 0) is 29.8 Å². The Morgan fingerprint density at radius 3 is 2.32 bits per heavy atom. The molecule has 1 N–H and O–H groups in total. The van der Waals surface area contributed by atoms with Crippen LogP contribution in [0.2, 0.25) is 5.02 Å². The van der Waals surface area contributed by atoms with E-state index in [0.29, 0.717) is 10.8 Å². The monoisotopic (exact) mass is 273 g/mol. The van der Waals surface area contributed by atoms with Gasteiger partial charge in [-0.3, -0.25) is 4.79 Å². The van der Waals surface area contributed by atoms with Crippen LogP contribution in [0, 0.1) is 0 Å². The van der Waals surface area contributed by atoms with Crippen LogP contribution in [0.5, 0.6) is 5.75 Å². The second kappa shape index (κ2) is 4.94. The van der Waals surface area contributed by atoms with E-state index in [1.54, 1.807) is 12.1 Å². The number of halogens is 1. The highest BCUT2D eigenvalue weighted by molar-refractivity contribution is 6.30. The summed E-state index contributed by atoms with van der Waals surface area (Å²) in [5.74, 6) is 0.602. The molecule has 1 aliphatic rings. The number of β-lactam (4-membered cyclic amide) rings is 1. The second-order valence-corrected chi connectivity index (χ2v) is 4.83. The van der Waals surface area contributed by atoms with Crippen molar-refractivity contribution >= 4 is 17.5 Å². The van der Waals surface area contributed by atoms with E-state index in [1.165, 1.54) is 0 Å². The van der Waals surface area contributed by atoms with Crippen molar-refractivity contribution in [3.05, 3.63) is 65.2 Å². The lowest BCUT2D eigenvalue weighted by Crippen LogP contribution is -2.58. The van der Waals surface area contributed by atoms with Crippen molar-refractivity contribution in [2.75, 3.05) is 0 Å². The van der Waals surface area contributed by atoms with E-state index in [1.807, 2.05) is 42.5 Å². The highest BCUT2D eigenvalue weighted by Gasteiger charge is 2.42. The molecule has 1 aliphatic heterocycles. The lowest BCUT2D eigenvalue weighted by atomic mass is 9.94. The molecule has 1 fully saturated rings. The molecule has 0 spiro atoms. The summed E-state index contributed by atoms with van der Waals surface area (Å²) < 4.78 is 5.71. The molecule has 0 bridgehead atoms. The maximum absolute atomic E-state index is 11.6. The minimum atomic E-state index is -0.483. The van der Waals surface area contributed by atoms with Gasteiger partial charge < -0.3 is 10.1 Å². The number of ether oxygens (including phenoxy) is 1. The number of para-hydroxylation sites is 1. The zero-order valence-corrected chi connectivity index (χ0v) is 10.8. The number of carbonyl (C=O) groups excluding carboxylic acids is 1. The summed E-state index contributed by atoms with van der Waals surface area (Å²) in [4.78, 5) is 11.6. The predicted molar refractivity (Wildman–Crippen MR) is 73.2 cm³/mol. The number of rotatable bonds is 3.